The second-order valence-corrected chi connectivity index (χ2v) is 4.99. The molecule has 0 radical (unpaired) electrons. The van der Waals surface area contributed by atoms with Crippen LogP contribution in [0.25, 0.3) is 0 Å². The minimum absolute atomic E-state index is 0.0981. The van der Waals surface area contributed by atoms with Gasteiger partial charge in [-0.15, -0.1) is 0 Å². The molecule has 1 atom stereocenters. The Bertz CT molecular complexity index is 415. The summed E-state index contributed by atoms with van der Waals surface area (Å²) in [4.78, 5) is 0. The summed E-state index contributed by atoms with van der Waals surface area (Å²) in [6, 6.07) is 2.08. The van der Waals surface area contributed by atoms with Gasteiger partial charge in [-0.3, -0.25) is 0 Å². The number of anilines is 1. The zero-order valence-electron chi connectivity index (χ0n) is 10.00. The zero-order chi connectivity index (χ0) is 12.6. The molecule has 1 aromatic rings. The number of hydrogen-bond donors (Lipinski definition) is 3. The molecule has 0 bridgehead atoms. The van der Waals surface area contributed by atoms with E-state index < -0.39 is 5.92 Å². The maximum Gasteiger partial charge on any atom is 0.261 e. The molecule has 0 aliphatic carbocycles. The third kappa shape index (κ3) is 2.32. The van der Waals surface area contributed by atoms with Gasteiger partial charge in [0.25, 0.3) is 5.92 Å². The van der Waals surface area contributed by atoms with Crippen molar-refractivity contribution in [1.29, 1.82) is 0 Å². The summed E-state index contributed by atoms with van der Waals surface area (Å²) in [5, 5.41) is 13.5. The Balaban J connectivity index is 1.55. The van der Waals surface area contributed by atoms with E-state index in [0.29, 0.717) is 12.6 Å². The van der Waals surface area contributed by atoms with Crippen molar-refractivity contribution in [1.82, 2.24) is 20.4 Å². The van der Waals surface area contributed by atoms with Gasteiger partial charge >= 0.3 is 0 Å². The van der Waals surface area contributed by atoms with Crippen molar-refractivity contribution in [2.24, 2.45) is 0 Å². The molecule has 0 amide bonds. The van der Waals surface area contributed by atoms with E-state index in [1.165, 1.54) is 0 Å². The van der Waals surface area contributed by atoms with Crippen molar-refractivity contribution in [2.45, 2.75) is 24.4 Å². The molecular formula is C11H17F2N5. The average Bonchev–Trinajstić information content (AvgIpc) is 2.80. The Morgan fingerprint density at radius 2 is 2.33 bits per heavy atom. The highest BCUT2D eigenvalue weighted by atomic mass is 19.3. The third-order valence-corrected chi connectivity index (χ3v) is 3.50. The Morgan fingerprint density at radius 1 is 1.50 bits per heavy atom. The third-order valence-electron chi connectivity index (χ3n) is 3.50. The monoisotopic (exact) mass is 257 g/mol. The fraction of sp³-hybridized carbons (Fsp3) is 0.727. The van der Waals surface area contributed by atoms with E-state index in [1.54, 1.807) is 6.20 Å². The molecular weight excluding hydrogens is 240 g/mol. The number of aromatic nitrogens is 2. The summed E-state index contributed by atoms with van der Waals surface area (Å²) in [5.41, 5.74) is 0. The molecule has 0 spiro atoms. The van der Waals surface area contributed by atoms with E-state index in [2.05, 4.69) is 21.0 Å². The first-order chi connectivity index (χ1) is 8.64. The normalized spacial score (nSPS) is 27.1. The lowest BCUT2D eigenvalue weighted by Gasteiger charge is -2.29. The molecule has 3 heterocycles. The topological polar surface area (TPSA) is 53.9 Å². The second-order valence-electron chi connectivity index (χ2n) is 4.99. The summed E-state index contributed by atoms with van der Waals surface area (Å²) in [5.74, 6) is -1.66. The summed E-state index contributed by atoms with van der Waals surface area (Å²) < 4.78 is 28.0. The van der Waals surface area contributed by atoms with Crippen molar-refractivity contribution < 1.29 is 8.78 Å². The number of alkyl halides is 2. The molecule has 7 heteroatoms. The van der Waals surface area contributed by atoms with Gasteiger partial charge in [-0.2, -0.15) is 5.10 Å². The van der Waals surface area contributed by atoms with Gasteiger partial charge in [-0.05, 0) is 0 Å². The Labute approximate surface area is 104 Å². The summed E-state index contributed by atoms with van der Waals surface area (Å²) in [6.45, 7) is 2.11. The quantitative estimate of drug-likeness (QED) is 0.732. The van der Waals surface area contributed by atoms with Crippen molar-refractivity contribution in [3.8, 4) is 0 Å². The SMILES string of the molecule is FC1(F)CNC(CNc2ccnn2C2CNC2)C1. The molecule has 1 aromatic heterocycles. The maximum absolute atomic E-state index is 13.0. The molecule has 3 N–H and O–H groups in total. The van der Waals surface area contributed by atoms with Gasteiger partial charge in [0.05, 0.1) is 18.8 Å². The van der Waals surface area contributed by atoms with E-state index in [4.69, 9.17) is 0 Å². The fourth-order valence-corrected chi connectivity index (χ4v) is 2.36. The number of halogens is 2. The number of nitrogens with one attached hydrogen (secondary N) is 3. The second kappa shape index (κ2) is 4.47. The van der Waals surface area contributed by atoms with Crippen molar-refractivity contribution in [2.75, 3.05) is 31.5 Å². The van der Waals surface area contributed by atoms with Crippen LogP contribution in [0.4, 0.5) is 14.6 Å². The Kier molecular flexibility index (Phi) is 2.95. The molecule has 5 nitrogen and oxygen atoms in total. The van der Waals surface area contributed by atoms with Crippen LogP contribution in [0, 0.1) is 0 Å². The minimum Gasteiger partial charge on any atom is -0.369 e. The molecule has 0 saturated carbocycles. The van der Waals surface area contributed by atoms with E-state index >= 15 is 0 Å². The largest absolute Gasteiger partial charge is 0.369 e. The standard InChI is InChI=1S/C11H17F2N5/c12-11(13)3-8(16-7-11)4-15-10-1-2-17-18(10)9-5-14-6-9/h1-2,8-9,14-16H,3-7H2. The van der Waals surface area contributed by atoms with Crippen LogP contribution < -0.4 is 16.0 Å². The highest BCUT2D eigenvalue weighted by molar-refractivity contribution is 5.35. The van der Waals surface area contributed by atoms with Gasteiger partial charge in [0.1, 0.15) is 5.82 Å². The lowest BCUT2D eigenvalue weighted by atomic mass is 10.2. The van der Waals surface area contributed by atoms with Crippen LogP contribution in [0.1, 0.15) is 12.5 Å². The van der Waals surface area contributed by atoms with E-state index in [9.17, 15) is 8.78 Å². The molecule has 2 saturated heterocycles. The molecule has 2 aliphatic heterocycles. The lowest BCUT2D eigenvalue weighted by molar-refractivity contribution is 0.0214. The number of hydrogen-bond acceptors (Lipinski definition) is 4. The highest BCUT2D eigenvalue weighted by Gasteiger charge is 2.39. The van der Waals surface area contributed by atoms with Crippen molar-refractivity contribution in [3.05, 3.63) is 12.3 Å². The highest BCUT2D eigenvalue weighted by Crippen LogP contribution is 2.25. The van der Waals surface area contributed by atoms with Gasteiger partial charge < -0.3 is 16.0 Å². The van der Waals surface area contributed by atoms with Gasteiger partial charge in [-0.1, -0.05) is 0 Å². The summed E-state index contributed by atoms with van der Waals surface area (Å²) >= 11 is 0. The average molecular weight is 257 g/mol. The smallest absolute Gasteiger partial charge is 0.261 e. The van der Waals surface area contributed by atoms with E-state index in [-0.39, 0.29) is 19.0 Å². The Morgan fingerprint density at radius 3 is 2.94 bits per heavy atom. The van der Waals surface area contributed by atoms with Crippen LogP contribution in [-0.4, -0.2) is 47.9 Å². The van der Waals surface area contributed by atoms with Crippen LogP contribution in [0.15, 0.2) is 12.3 Å². The molecule has 3 rings (SSSR count). The first-order valence-electron chi connectivity index (χ1n) is 6.23. The lowest BCUT2D eigenvalue weighted by Crippen LogP contribution is -2.44. The molecule has 0 aromatic carbocycles. The zero-order valence-corrected chi connectivity index (χ0v) is 10.00. The summed E-state index contributed by atoms with van der Waals surface area (Å²) in [6.07, 6.45) is 1.64. The number of nitrogens with zero attached hydrogens (tertiary/aromatic N) is 2. The van der Waals surface area contributed by atoms with Crippen molar-refractivity contribution in [3.63, 3.8) is 0 Å². The maximum atomic E-state index is 13.0. The molecule has 18 heavy (non-hydrogen) atoms. The Hall–Kier alpha value is -1.21. The van der Waals surface area contributed by atoms with Gasteiger partial charge in [0, 0.05) is 38.2 Å². The van der Waals surface area contributed by atoms with Crippen LogP contribution in [0.3, 0.4) is 0 Å². The van der Waals surface area contributed by atoms with Gasteiger partial charge in [0.2, 0.25) is 0 Å². The van der Waals surface area contributed by atoms with E-state index in [0.717, 1.165) is 18.9 Å². The van der Waals surface area contributed by atoms with Crippen LogP contribution in [0.2, 0.25) is 0 Å². The molecule has 2 fully saturated rings. The van der Waals surface area contributed by atoms with Crippen LogP contribution in [-0.2, 0) is 0 Å². The summed E-state index contributed by atoms with van der Waals surface area (Å²) in [7, 11) is 0. The molecule has 2 aliphatic rings. The molecule has 1 unspecified atom stereocenters. The number of rotatable bonds is 4. The van der Waals surface area contributed by atoms with Crippen molar-refractivity contribution >= 4 is 5.82 Å². The van der Waals surface area contributed by atoms with Crippen LogP contribution in [0.5, 0.6) is 0 Å². The van der Waals surface area contributed by atoms with Crippen LogP contribution >= 0.6 is 0 Å². The van der Waals surface area contributed by atoms with E-state index in [1.807, 2.05) is 10.7 Å². The predicted octanol–water partition coefficient (Wildman–Crippen LogP) is 0.436. The predicted molar refractivity (Wildman–Crippen MR) is 64.0 cm³/mol. The first kappa shape index (κ1) is 11.9. The van der Waals surface area contributed by atoms with Gasteiger partial charge in [-0.25, -0.2) is 13.5 Å². The first-order valence-corrected chi connectivity index (χ1v) is 6.23. The van der Waals surface area contributed by atoms with Gasteiger partial charge in [0.15, 0.2) is 0 Å². The molecule has 100 valence electrons. The fourth-order valence-electron chi connectivity index (χ4n) is 2.36. The minimum atomic E-state index is -2.56.